The SMILES string of the molecule is CC.CC(C1=C/CCC=C(F)/C=C\1)c1cnc(N2CCNCC2)nc1. The van der Waals surface area contributed by atoms with E-state index in [0.717, 1.165) is 56.1 Å². The van der Waals surface area contributed by atoms with Crippen LogP contribution in [0.25, 0.3) is 0 Å². The summed E-state index contributed by atoms with van der Waals surface area (Å²) in [5, 5.41) is 3.32. The van der Waals surface area contributed by atoms with Crippen LogP contribution in [0.4, 0.5) is 10.3 Å². The number of hydrogen-bond acceptors (Lipinski definition) is 4. The van der Waals surface area contributed by atoms with Gasteiger partial charge in [-0.25, -0.2) is 14.4 Å². The third-order valence-electron chi connectivity index (χ3n) is 4.38. The van der Waals surface area contributed by atoms with Gasteiger partial charge < -0.3 is 10.2 Å². The standard InChI is InChI=1S/C18H23FN4.C2H6/c1-14(15-4-2-3-5-17(19)7-6-15)16-12-21-18(22-13-16)23-10-8-20-9-11-23;1-2/h4-7,12-14,20H,2-3,8-11H2,1H3;1-2H3/b7-6-,15-4+,17-5?;. The molecule has 1 unspecified atom stereocenters. The average Bonchev–Trinajstić information content (AvgIpc) is 2.67. The summed E-state index contributed by atoms with van der Waals surface area (Å²) in [6.07, 6.45) is 12.6. The van der Waals surface area contributed by atoms with Gasteiger partial charge >= 0.3 is 0 Å². The van der Waals surface area contributed by atoms with Crippen LogP contribution in [-0.2, 0) is 0 Å². The Balaban J connectivity index is 0.00000109. The molecule has 0 bridgehead atoms. The Morgan fingerprint density at radius 2 is 1.68 bits per heavy atom. The highest BCUT2D eigenvalue weighted by molar-refractivity contribution is 5.37. The van der Waals surface area contributed by atoms with Gasteiger partial charge in [-0.3, -0.25) is 0 Å². The second kappa shape index (κ2) is 10.1. The van der Waals surface area contributed by atoms with Gasteiger partial charge in [-0.05, 0) is 36.1 Å². The lowest BCUT2D eigenvalue weighted by atomic mass is 9.92. The maximum atomic E-state index is 13.4. The fourth-order valence-electron chi connectivity index (χ4n) is 2.88. The molecule has 1 aromatic rings. The minimum absolute atomic E-state index is 0.159. The van der Waals surface area contributed by atoms with Crippen molar-refractivity contribution in [3.05, 3.63) is 53.7 Å². The van der Waals surface area contributed by atoms with Crippen molar-refractivity contribution >= 4 is 5.95 Å². The van der Waals surface area contributed by atoms with Crippen LogP contribution in [0.2, 0.25) is 0 Å². The number of aromatic nitrogens is 2. The fourth-order valence-corrected chi connectivity index (χ4v) is 2.88. The van der Waals surface area contributed by atoms with Crippen LogP contribution in [0.3, 0.4) is 0 Å². The second-order valence-electron chi connectivity index (χ2n) is 5.98. The number of nitrogens with one attached hydrogen (secondary N) is 1. The van der Waals surface area contributed by atoms with Crippen molar-refractivity contribution in [3.63, 3.8) is 0 Å². The maximum absolute atomic E-state index is 13.4. The van der Waals surface area contributed by atoms with E-state index >= 15 is 0 Å². The van der Waals surface area contributed by atoms with Crippen LogP contribution in [0.1, 0.15) is 45.1 Å². The molecule has 136 valence electrons. The van der Waals surface area contributed by atoms with Gasteiger partial charge in [0.25, 0.3) is 0 Å². The molecule has 2 aliphatic rings. The average molecular weight is 344 g/mol. The van der Waals surface area contributed by atoms with E-state index in [0.29, 0.717) is 0 Å². The number of rotatable bonds is 3. The topological polar surface area (TPSA) is 41.1 Å². The van der Waals surface area contributed by atoms with Gasteiger partial charge in [0.15, 0.2) is 0 Å². The highest BCUT2D eigenvalue weighted by Gasteiger charge is 2.15. The molecule has 4 nitrogen and oxygen atoms in total. The summed E-state index contributed by atoms with van der Waals surface area (Å²) >= 11 is 0. The number of allylic oxidation sites excluding steroid dienone is 6. The fraction of sp³-hybridized carbons (Fsp3) is 0.500. The Morgan fingerprint density at radius 3 is 2.36 bits per heavy atom. The maximum Gasteiger partial charge on any atom is 0.225 e. The van der Waals surface area contributed by atoms with Gasteiger partial charge in [-0.2, -0.15) is 0 Å². The molecule has 1 aliphatic carbocycles. The highest BCUT2D eigenvalue weighted by atomic mass is 19.1. The minimum atomic E-state index is -0.159. The summed E-state index contributed by atoms with van der Waals surface area (Å²) in [6.45, 7) is 9.93. The zero-order chi connectivity index (χ0) is 18.1. The molecule has 0 saturated carbocycles. The van der Waals surface area contributed by atoms with E-state index in [2.05, 4.69) is 33.2 Å². The number of halogens is 1. The molecule has 2 heterocycles. The number of piperazine rings is 1. The molecule has 3 rings (SSSR count). The number of hydrogen-bond donors (Lipinski definition) is 1. The van der Waals surface area contributed by atoms with Gasteiger partial charge in [0, 0.05) is 44.5 Å². The van der Waals surface area contributed by atoms with Crippen LogP contribution >= 0.6 is 0 Å². The Morgan fingerprint density at radius 1 is 1.04 bits per heavy atom. The van der Waals surface area contributed by atoms with Crippen molar-refractivity contribution in [1.82, 2.24) is 15.3 Å². The quantitative estimate of drug-likeness (QED) is 0.894. The van der Waals surface area contributed by atoms with Crippen molar-refractivity contribution in [2.45, 2.75) is 39.5 Å². The lowest BCUT2D eigenvalue weighted by Gasteiger charge is -2.27. The van der Waals surface area contributed by atoms with Crippen LogP contribution < -0.4 is 10.2 Å². The normalized spacial score (nSPS) is 22.3. The van der Waals surface area contributed by atoms with Gasteiger partial charge in [0.05, 0.1) is 0 Å². The first-order valence-electron chi connectivity index (χ1n) is 9.25. The van der Waals surface area contributed by atoms with E-state index in [4.69, 9.17) is 0 Å². The van der Waals surface area contributed by atoms with Crippen LogP contribution in [0.15, 0.2) is 48.1 Å². The second-order valence-corrected chi connectivity index (χ2v) is 5.98. The molecule has 5 heteroatoms. The van der Waals surface area contributed by atoms with E-state index in [-0.39, 0.29) is 11.7 Å². The monoisotopic (exact) mass is 344 g/mol. The van der Waals surface area contributed by atoms with E-state index in [9.17, 15) is 4.39 Å². The van der Waals surface area contributed by atoms with Crippen molar-refractivity contribution in [2.24, 2.45) is 0 Å². The lowest BCUT2D eigenvalue weighted by molar-refractivity contribution is 0.579. The molecule has 1 aliphatic heterocycles. The third-order valence-corrected chi connectivity index (χ3v) is 4.38. The van der Waals surface area contributed by atoms with Gasteiger partial charge in [0.1, 0.15) is 5.83 Å². The van der Waals surface area contributed by atoms with E-state index < -0.39 is 0 Å². The van der Waals surface area contributed by atoms with Gasteiger partial charge in [-0.15, -0.1) is 0 Å². The number of anilines is 1. The van der Waals surface area contributed by atoms with Gasteiger partial charge in [0.2, 0.25) is 5.95 Å². The van der Waals surface area contributed by atoms with E-state index in [1.807, 2.05) is 32.3 Å². The predicted molar refractivity (Wildman–Crippen MR) is 103 cm³/mol. The molecule has 1 N–H and O–H groups in total. The Bertz CT molecular complexity index is 613. The molecule has 25 heavy (non-hydrogen) atoms. The van der Waals surface area contributed by atoms with Crippen molar-refractivity contribution in [1.29, 1.82) is 0 Å². The molecular weight excluding hydrogens is 315 g/mol. The molecule has 0 spiro atoms. The minimum Gasteiger partial charge on any atom is -0.338 e. The smallest absolute Gasteiger partial charge is 0.225 e. The van der Waals surface area contributed by atoms with Crippen molar-refractivity contribution < 1.29 is 4.39 Å². The highest BCUT2D eigenvalue weighted by Crippen LogP contribution is 2.27. The molecular formula is C20H29FN4. The Hall–Kier alpha value is -2.01. The Kier molecular flexibility index (Phi) is 7.79. The van der Waals surface area contributed by atoms with Crippen molar-refractivity contribution in [2.75, 3.05) is 31.1 Å². The largest absolute Gasteiger partial charge is 0.338 e. The predicted octanol–water partition coefficient (Wildman–Crippen LogP) is 4.15. The van der Waals surface area contributed by atoms with Crippen LogP contribution in [-0.4, -0.2) is 36.1 Å². The summed E-state index contributed by atoms with van der Waals surface area (Å²) in [6, 6.07) is 0. The summed E-state index contributed by atoms with van der Waals surface area (Å²) < 4.78 is 13.4. The lowest BCUT2D eigenvalue weighted by Crippen LogP contribution is -2.44. The van der Waals surface area contributed by atoms with Crippen molar-refractivity contribution in [3.8, 4) is 0 Å². The molecule has 1 saturated heterocycles. The van der Waals surface area contributed by atoms with E-state index in [1.165, 1.54) is 6.08 Å². The third kappa shape index (κ3) is 5.49. The van der Waals surface area contributed by atoms with Gasteiger partial charge in [-0.1, -0.05) is 32.9 Å². The summed E-state index contributed by atoms with van der Waals surface area (Å²) in [7, 11) is 0. The zero-order valence-corrected chi connectivity index (χ0v) is 15.5. The molecule has 1 aromatic heterocycles. The van der Waals surface area contributed by atoms with Crippen LogP contribution in [0, 0.1) is 0 Å². The summed E-state index contributed by atoms with van der Waals surface area (Å²) in [4.78, 5) is 11.2. The zero-order valence-electron chi connectivity index (χ0n) is 15.5. The summed E-state index contributed by atoms with van der Waals surface area (Å²) in [5.41, 5.74) is 2.18. The molecule has 0 amide bonds. The molecule has 0 radical (unpaired) electrons. The van der Waals surface area contributed by atoms with E-state index in [1.54, 1.807) is 6.08 Å². The first-order chi connectivity index (χ1) is 12.2. The molecule has 1 fully saturated rings. The van der Waals surface area contributed by atoms with Crippen LogP contribution in [0.5, 0.6) is 0 Å². The first kappa shape index (κ1) is 19.3. The first-order valence-corrected chi connectivity index (χ1v) is 9.25. The summed E-state index contributed by atoms with van der Waals surface area (Å²) in [5.74, 6) is 0.793. The molecule has 0 aromatic carbocycles. The Labute approximate surface area is 150 Å². The molecule has 1 atom stereocenters. The number of nitrogens with zero attached hydrogens (tertiary/aromatic N) is 3.